The quantitative estimate of drug-likeness (QED) is 0.00931. The Bertz CT molecular complexity index is 4170. The number of aromatic nitrogens is 6. The Kier molecular flexibility index (Phi) is 32.4. The van der Waals surface area contributed by atoms with E-state index in [4.69, 9.17) is 9.47 Å². The third-order valence-corrected chi connectivity index (χ3v) is 14.7. The molecule has 8 aromatic rings. The molecule has 1 unspecified atom stereocenters. The van der Waals surface area contributed by atoms with Gasteiger partial charge in [0.15, 0.2) is 0 Å². The first-order valence-electron chi connectivity index (χ1n) is 21.2. The maximum absolute atomic E-state index is 12.7. The first-order chi connectivity index (χ1) is 37.4. The van der Waals surface area contributed by atoms with Crippen LogP contribution in [-0.4, -0.2) is 90.5 Å². The van der Waals surface area contributed by atoms with Crippen LogP contribution in [0.3, 0.4) is 0 Å². The molecule has 4 N–H and O–H groups in total. The van der Waals surface area contributed by atoms with Gasteiger partial charge >= 0.3 is 189 Å². The molecule has 0 saturated heterocycles. The monoisotopic (exact) mass is 1330 g/mol. The predicted molar refractivity (Wildman–Crippen MR) is 268 cm³/mol. The van der Waals surface area contributed by atoms with Crippen LogP contribution < -0.4 is 213 Å². The van der Waals surface area contributed by atoms with E-state index in [0.29, 0.717) is 12.0 Å². The van der Waals surface area contributed by atoms with Crippen LogP contribution in [0.25, 0.3) is 12.2 Å². The molecule has 8 rings (SSSR count). The summed E-state index contributed by atoms with van der Waals surface area (Å²) in [7, 11) is -21.0. The molecule has 410 valence electrons. The van der Waals surface area contributed by atoms with Crippen LogP contribution in [0.4, 0.5) is 46.5 Å². The van der Waals surface area contributed by atoms with Crippen LogP contribution in [0.1, 0.15) is 11.1 Å². The van der Waals surface area contributed by atoms with Crippen LogP contribution >= 0.6 is 12.0 Å². The van der Waals surface area contributed by atoms with Crippen molar-refractivity contribution >= 4 is 122 Å². The molecule has 0 bridgehead atoms. The number of benzene rings is 6. The van der Waals surface area contributed by atoms with Crippen molar-refractivity contribution in [2.24, 2.45) is 0 Å². The van der Waals surface area contributed by atoms with Crippen LogP contribution in [0.2, 0.25) is 0 Å². The van der Waals surface area contributed by atoms with Crippen molar-refractivity contribution in [1.82, 2.24) is 29.9 Å². The molecule has 85 heavy (non-hydrogen) atoms. The van der Waals surface area contributed by atoms with Crippen LogP contribution in [0.15, 0.2) is 163 Å². The van der Waals surface area contributed by atoms with Gasteiger partial charge in [0, 0.05) is 21.2 Å². The van der Waals surface area contributed by atoms with Gasteiger partial charge in [-0.2, -0.15) is 34.2 Å². The third kappa shape index (κ3) is 22.9. The van der Waals surface area contributed by atoms with Crippen LogP contribution in [0, 0.1) is 0 Å². The largest absolute Gasteiger partial charge is 1.00 e. The van der Waals surface area contributed by atoms with Gasteiger partial charge in [0.1, 0.15) is 52.0 Å². The Morgan fingerprint density at radius 1 is 0.459 bits per heavy atom. The molecule has 41 heteroatoms. The summed E-state index contributed by atoms with van der Waals surface area (Å²) in [6.45, 7) is 0. The van der Waals surface area contributed by atoms with Gasteiger partial charge in [-0.3, -0.25) is 9.25 Å². The van der Waals surface area contributed by atoms with Crippen molar-refractivity contribution < 1.29 is 262 Å². The number of hydrogen-bond donors (Lipinski definition) is 4. The van der Waals surface area contributed by atoms with Gasteiger partial charge in [0.25, 0.3) is 0 Å². The third-order valence-electron chi connectivity index (χ3n) is 9.95. The summed E-state index contributed by atoms with van der Waals surface area (Å²) in [5, 5.41) is 24.1. The van der Waals surface area contributed by atoms with E-state index in [1.807, 2.05) is 0 Å². The molecular formula is C44H28N10Na6O19S6. The van der Waals surface area contributed by atoms with Gasteiger partial charge < -0.3 is 58.8 Å². The van der Waals surface area contributed by atoms with Crippen molar-refractivity contribution in [1.29, 1.82) is 0 Å². The van der Waals surface area contributed by atoms with Gasteiger partial charge in [-0.25, -0.2) is 33.7 Å². The minimum atomic E-state index is -5.38. The van der Waals surface area contributed by atoms with Crippen molar-refractivity contribution in [2.45, 2.75) is 29.4 Å². The molecular weight excluding hydrogens is 1300 g/mol. The summed E-state index contributed by atoms with van der Waals surface area (Å²) in [5.74, 6) is -1.43. The number of nitrogens with one attached hydrogen (secondary N) is 4. The second kappa shape index (κ2) is 34.9. The Balaban J connectivity index is 0.00000411. The summed E-state index contributed by atoms with van der Waals surface area (Å²) < 4.78 is 188. The number of ether oxygens (including phenoxy) is 2. The van der Waals surface area contributed by atoms with E-state index in [-0.39, 0.29) is 216 Å². The molecule has 6 aromatic carbocycles. The summed E-state index contributed by atoms with van der Waals surface area (Å²) >= 11 is -2.63. The second-order valence-corrected chi connectivity index (χ2v) is 22.4. The predicted octanol–water partition coefficient (Wildman–Crippen LogP) is -13.1. The summed E-state index contributed by atoms with van der Waals surface area (Å²) in [4.78, 5) is 21.0. The fourth-order valence-electron chi connectivity index (χ4n) is 6.66. The molecule has 2 heterocycles. The molecule has 0 spiro atoms. The number of hydrogen-bond acceptors (Lipinski definition) is 30. The Labute approximate surface area is 623 Å². The van der Waals surface area contributed by atoms with E-state index in [1.165, 1.54) is 36.4 Å². The van der Waals surface area contributed by atoms with Crippen molar-refractivity contribution in [3.63, 3.8) is 0 Å². The fourth-order valence-corrected chi connectivity index (χ4v) is 10.0. The van der Waals surface area contributed by atoms with Crippen molar-refractivity contribution in [3.05, 3.63) is 145 Å². The number of nitrogens with zero attached hydrogens (tertiary/aromatic N) is 6. The normalized spacial score (nSPS) is 11.6. The topological polar surface area (TPSA) is 454 Å². The summed E-state index contributed by atoms with van der Waals surface area (Å²) in [6.07, 6.45) is 2.02. The first kappa shape index (κ1) is 79.0. The van der Waals surface area contributed by atoms with E-state index >= 15 is 0 Å². The van der Waals surface area contributed by atoms with Gasteiger partial charge in [-0.05, 0) is 107 Å². The first-order valence-corrected chi connectivity index (χ1v) is 28.7. The van der Waals surface area contributed by atoms with E-state index in [9.17, 15) is 65.9 Å². The van der Waals surface area contributed by atoms with Crippen molar-refractivity contribution in [3.8, 4) is 23.5 Å². The molecule has 0 fully saturated rings. The van der Waals surface area contributed by atoms with Crippen LogP contribution in [-0.2, 0) is 60.9 Å². The molecule has 0 aliphatic rings. The molecule has 0 aliphatic heterocycles. The number of para-hydroxylation sites is 2. The maximum Gasteiger partial charge on any atom is 1.00 e. The standard InChI is InChI=1S/C44H34N10O19S6.6Na/c55-72-73-74-31-17-20-36(77(61,62)63)34(23-31)48-42-50-40(52-44(54-42)71-30-9-5-2-6-10-30)46-28-16-14-26(38(22-28)79(67,68)69)12-11-25-13-15-27(21-37(25)78(64,65)66)45-39-49-41(53-43(51-39)70-29-7-3-1-4-8-29)47-33-24-32(76(58,59)60)18-19-35(33)75(56)57;;;;;;/h1-24,55H,(H,56,57)(H,58,59,60)(H,61,62,63)(H,64,65,66)(H,67,68,69)(H2,45,47,49,51,53)(H2,46,48,50,52,54);;;;;;/q;6*+1/p-6. The zero-order valence-corrected chi connectivity index (χ0v) is 61.6. The average molecular weight is 1330 g/mol. The zero-order valence-electron chi connectivity index (χ0n) is 44.7. The van der Waals surface area contributed by atoms with E-state index < -0.39 is 123 Å². The van der Waals surface area contributed by atoms with Gasteiger partial charge in [0.2, 0.25) is 23.8 Å². The minimum absolute atomic E-state index is 0. The SMILES string of the molecule is O=S([O-])c1ccc(S(=O)(=O)[O-])cc1Nc1nc(Nc2ccc(C=Cc3ccc(Nc4nc(Nc5cc(SOO[O-])ccc5S(=O)(=O)[O-])nc(Oc5ccccc5)n4)cc3S(=O)(=O)[O-])c(S(=O)(=O)[O-])c2)nc(Oc2ccccc2)n1.[Na+].[Na+].[Na+].[Na+].[Na+].[Na+]. The van der Waals surface area contributed by atoms with E-state index in [2.05, 4.69) is 60.5 Å². The summed E-state index contributed by atoms with van der Waals surface area (Å²) in [5.41, 5.74) is -1.86. The van der Waals surface area contributed by atoms with E-state index in [0.717, 1.165) is 72.8 Å². The van der Waals surface area contributed by atoms with Crippen molar-refractivity contribution in [2.75, 3.05) is 21.3 Å². The van der Waals surface area contributed by atoms with E-state index in [1.54, 1.807) is 36.4 Å². The number of anilines is 8. The molecule has 0 aliphatic carbocycles. The molecule has 1 atom stereocenters. The summed E-state index contributed by atoms with van der Waals surface area (Å²) in [6, 6.07) is 26.8. The second-order valence-electron chi connectivity index (χ2n) is 15.3. The molecule has 2 aromatic heterocycles. The van der Waals surface area contributed by atoms with Gasteiger partial charge in [-0.1, -0.05) is 60.7 Å². The Morgan fingerprint density at radius 2 is 0.882 bits per heavy atom. The fraction of sp³-hybridized carbons (Fsp3) is 0. The average Bonchev–Trinajstić information content (AvgIpc) is 3.50. The minimum Gasteiger partial charge on any atom is -0.768 e. The van der Waals surface area contributed by atoms with Gasteiger partial charge in [-0.15, -0.1) is 0 Å². The van der Waals surface area contributed by atoms with Crippen LogP contribution in [0.5, 0.6) is 23.5 Å². The Morgan fingerprint density at radius 3 is 1.28 bits per heavy atom. The van der Waals surface area contributed by atoms with Gasteiger partial charge in [0.05, 0.1) is 43.0 Å². The Hall–Kier alpha value is -2.14. The zero-order chi connectivity index (χ0) is 56.7. The molecule has 0 saturated carbocycles. The molecule has 29 nitrogen and oxygen atoms in total. The smallest absolute Gasteiger partial charge is 0.768 e. The maximum atomic E-state index is 12.7. The molecule has 0 amide bonds. The molecule has 0 radical (unpaired) electrons. The number of rotatable bonds is 22.